The van der Waals surface area contributed by atoms with Crippen LogP contribution in [0.1, 0.15) is 36.4 Å². The molecule has 0 aliphatic carbocycles. The highest BCUT2D eigenvalue weighted by Gasteiger charge is 2.35. The lowest BCUT2D eigenvalue weighted by Crippen LogP contribution is -2.27. The van der Waals surface area contributed by atoms with Crippen LogP contribution in [0.3, 0.4) is 0 Å². The number of methoxy groups -OCH3 is 1. The van der Waals surface area contributed by atoms with E-state index < -0.39 is 17.9 Å². The van der Waals surface area contributed by atoms with Gasteiger partial charge in [-0.15, -0.1) is 0 Å². The van der Waals surface area contributed by atoms with E-state index in [9.17, 15) is 14.0 Å². The summed E-state index contributed by atoms with van der Waals surface area (Å²) in [5, 5.41) is 15.7. The molecule has 164 valence electrons. The van der Waals surface area contributed by atoms with Crippen molar-refractivity contribution in [2.45, 2.75) is 25.3 Å². The number of aromatic nitrogens is 1. The third-order valence-corrected chi connectivity index (χ3v) is 5.57. The average Bonchev–Trinajstić information content (AvgIpc) is 3.22. The largest absolute Gasteiger partial charge is 0.494 e. The molecular formula is C23H19ClFN3O4. The molecule has 0 saturated heterocycles. The number of pyridine rings is 1. The first kappa shape index (κ1) is 21.7. The molecule has 2 heterocycles. The smallest absolute Gasteiger partial charge is 0.303 e. The molecule has 1 aliphatic heterocycles. The zero-order valence-corrected chi connectivity index (χ0v) is 17.8. The number of carbonyl (C=O) groups excluding carboxylic acids is 1. The van der Waals surface area contributed by atoms with Gasteiger partial charge in [-0.1, -0.05) is 35.9 Å². The number of aliphatic carboxylic acids is 1. The van der Waals surface area contributed by atoms with Crippen LogP contribution >= 0.6 is 11.6 Å². The molecule has 0 bridgehead atoms. The van der Waals surface area contributed by atoms with Crippen LogP contribution in [0, 0.1) is 5.82 Å². The van der Waals surface area contributed by atoms with Gasteiger partial charge >= 0.3 is 5.97 Å². The Balaban J connectivity index is 1.75. The van der Waals surface area contributed by atoms with Crippen LogP contribution in [-0.2, 0) is 9.59 Å². The van der Waals surface area contributed by atoms with Gasteiger partial charge in [-0.2, -0.15) is 5.10 Å². The number of para-hydroxylation sites is 1. The van der Waals surface area contributed by atoms with Crippen molar-refractivity contribution in [3.8, 4) is 5.75 Å². The zero-order valence-electron chi connectivity index (χ0n) is 17.1. The molecular weight excluding hydrogens is 437 g/mol. The number of benzene rings is 2. The van der Waals surface area contributed by atoms with Gasteiger partial charge in [0.05, 0.1) is 25.3 Å². The van der Waals surface area contributed by atoms with Crippen molar-refractivity contribution in [1.82, 2.24) is 9.99 Å². The second kappa shape index (κ2) is 8.92. The first-order chi connectivity index (χ1) is 15.4. The molecule has 0 fully saturated rings. The van der Waals surface area contributed by atoms with Crippen LogP contribution in [-0.4, -0.2) is 39.8 Å². The quantitative estimate of drug-likeness (QED) is 0.549. The minimum atomic E-state index is -1.07. The highest BCUT2D eigenvalue weighted by Crippen LogP contribution is 2.38. The average molecular weight is 456 g/mol. The van der Waals surface area contributed by atoms with E-state index >= 15 is 0 Å². The summed E-state index contributed by atoms with van der Waals surface area (Å²) in [7, 11) is 1.54. The minimum absolute atomic E-state index is 0.193. The van der Waals surface area contributed by atoms with E-state index in [0.29, 0.717) is 34.5 Å². The SMILES string of the molecule is COc1cccc2cc(C3CC(c4ccc(F)cc4)=NN3C(=O)CCC(=O)O)c(Cl)nc12. The number of rotatable bonds is 6. The molecule has 2 aromatic carbocycles. The fourth-order valence-electron chi connectivity index (χ4n) is 3.69. The van der Waals surface area contributed by atoms with Crippen molar-refractivity contribution in [2.24, 2.45) is 5.10 Å². The van der Waals surface area contributed by atoms with Gasteiger partial charge in [0.1, 0.15) is 22.2 Å². The summed E-state index contributed by atoms with van der Waals surface area (Å²) >= 11 is 6.52. The number of ether oxygens (including phenoxy) is 1. The van der Waals surface area contributed by atoms with Gasteiger partial charge in [-0.05, 0) is 29.8 Å². The molecule has 32 heavy (non-hydrogen) atoms. The molecule has 1 aromatic heterocycles. The highest BCUT2D eigenvalue weighted by molar-refractivity contribution is 6.30. The van der Waals surface area contributed by atoms with Gasteiger partial charge in [0, 0.05) is 23.8 Å². The summed E-state index contributed by atoms with van der Waals surface area (Å²) in [6.07, 6.45) is -0.204. The Morgan fingerprint density at radius 2 is 1.97 bits per heavy atom. The maximum Gasteiger partial charge on any atom is 0.303 e. The Morgan fingerprint density at radius 3 is 2.66 bits per heavy atom. The lowest BCUT2D eigenvalue weighted by Gasteiger charge is -2.23. The number of hydrogen-bond donors (Lipinski definition) is 1. The van der Waals surface area contributed by atoms with E-state index in [2.05, 4.69) is 10.1 Å². The number of fused-ring (bicyclic) bond motifs is 1. The van der Waals surface area contributed by atoms with Crippen molar-refractivity contribution in [2.75, 3.05) is 7.11 Å². The van der Waals surface area contributed by atoms with Gasteiger partial charge in [0.15, 0.2) is 0 Å². The van der Waals surface area contributed by atoms with Crippen LogP contribution < -0.4 is 4.74 Å². The minimum Gasteiger partial charge on any atom is -0.494 e. The number of halogens is 2. The Kier molecular flexibility index (Phi) is 6.05. The van der Waals surface area contributed by atoms with Gasteiger partial charge in [-0.25, -0.2) is 14.4 Å². The normalized spacial score (nSPS) is 15.7. The van der Waals surface area contributed by atoms with Gasteiger partial charge < -0.3 is 9.84 Å². The highest BCUT2D eigenvalue weighted by atomic mass is 35.5. The summed E-state index contributed by atoms with van der Waals surface area (Å²) in [5.74, 6) is -1.33. The number of amides is 1. The number of hydrazone groups is 1. The summed E-state index contributed by atoms with van der Waals surface area (Å²) < 4.78 is 18.7. The zero-order chi connectivity index (χ0) is 22.8. The molecule has 0 radical (unpaired) electrons. The molecule has 1 unspecified atom stereocenters. The number of carboxylic acid groups (broad SMARTS) is 1. The van der Waals surface area contributed by atoms with E-state index in [1.54, 1.807) is 25.3 Å². The van der Waals surface area contributed by atoms with Crippen molar-refractivity contribution < 1.29 is 23.8 Å². The molecule has 0 spiro atoms. The van der Waals surface area contributed by atoms with Crippen LogP contribution in [0.2, 0.25) is 5.15 Å². The Morgan fingerprint density at radius 1 is 1.22 bits per heavy atom. The van der Waals surface area contributed by atoms with Crippen LogP contribution in [0.4, 0.5) is 4.39 Å². The molecule has 4 rings (SSSR count). The van der Waals surface area contributed by atoms with Crippen molar-refractivity contribution >= 4 is 40.1 Å². The molecule has 1 amide bonds. The van der Waals surface area contributed by atoms with Crippen LogP contribution in [0.25, 0.3) is 10.9 Å². The number of carbonyl (C=O) groups is 2. The Labute approximate surface area is 188 Å². The Bertz CT molecular complexity index is 1230. The van der Waals surface area contributed by atoms with Gasteiger partial charge in [-0.3, -0.25) is 9.59 Å². The van der Waals surface area contributed by atoms with Crippen molar-refractivity contribution in [3.63, 3.8) is 0 Å². The molecule has 1 atom stereocenters. The third kappa shape index (κ3) is 4.27. The maximum atomic E-state index is 13.4. The van der Waals surface area contributed by atoms with E-state index in [1.807, 2.05) is 18.2 Å². The maximum absolute atomic E-state index is 13.4. The summed E-state index contributed by atoms with van der Waals surface area (Å²) in [5.41, 5.74) is 2.40. The predicted molar refractivity (Wildman–Crippen MR) is 117 cm³/mol. The van der Waals surface area contributed by atoms with E-state index in [-0.39, 0.29) is 23.8 Å². The summed E-state index contributed by atoms with van der Waals surface area (Å²) in [6, 6.07) is 12.5. The standard InChI is InChI=1S/C23H19ClFN3O4/c1-32-19-4-2-3-14-11-16(23(24)26-22(14)19)18-12-17(13-5-7-15(25)8-6-13)27-28(18)20(29)9-10-21(30)31/h2-8,11,18H,9-10,12H2,1H3,(H,30,31). The fraction of sp³-hybridized carbons (Fsp3) is 0.217. The molecule has 9 heteroatoms. The lowest BCUT2D eigenvalue weighted by molar-refractivity contribution is -0.141. The molecule has 7 nitrogen and oxygen atoms in total. The molecule has 3 aromatic rings. The molecule has 1 aliphatic rings. The lowest BCUT2D eigenvalue weighted by atomic mass is 9.98. The second-order valence-electron chi connectivity index (χ2n) is 7.31. The van der Waals surface area contributed by atoms with E-state index in [1.165, 1.54) is 17.1 Å². The molecule has 0 saturated carbocycles. The third-order valence-electron chi connectivity index (χ3n) is 5.26. The number of hydrogen-bond acceptors (Lipinski definition) is 5. The van der Waals surface area contributed by atoms with E-state index in [4.69, 9.17) is 21.4 Å². The van der Waals surface area contributed by atoms with E-state index in [0.717, 1.165) is 5.39 Å². The van der Waals surface area contributed by atoms with Gasteiger partial charge in [0.25, 0.3) is 0 Å². The van der Waals surface area contributed by atoms with Crippen molar-refractivity contribution in [1.29, 1.82) is 0 Å². The Hall–Kier alpha value is -3.52. The fourth-order valence-corrected chi connectivity index (χ4v) is 3.96. The first-order valence-electron chi connectivity index (χ1n) is 9.88. The van der Waals surface area contributed by atoms with Gasteiger partial charge in [0.2, 0.25) is 5.91 Å². The second-order valence-corrected chi connectivity index (χ2v) is 7.66. The number of carboxylic acids is 1. The first-order valence-corrected chi connectivity index (χ1v) is 10.3. The summed E-state index contributed by atoms with van der Waals surface area (Å²) in [6.45, 7) is 0. The van der Waals surface area contributed by atoms with Crippen molar-refractivity contribution in [3.05, 3.63) is 70.6 Å². The predicted octanol–water partition coefficient (Wildman–Crippen LogP) is 4.58. The summed E-state index contributed by atoms with van der Waals surface area (Å²) in [4.78, 5) is 28.3. The monoisotopic (exact) mass is 455 g/mol. The van der Waals surface area contributed by atoms with Crippen LogP contribution in [0.5, 0.6) is 5.75 Å². The topological polar surface area (TPSA) is 92.1 Å². The van der Waals surface area contributed by atoms with Crippen LogP contribution in [0.15, 0.2) is 53.6 Å². The number of nitrogens with zero attached hydrogens (tertiary/aromatic N) is 3. The molecule has 1 N–H and O–H groups in total.